The molecule has 0 spiro atoms. The van der Waals surface area contributed by atoms with E-state index in [1.165, 1.54) is 24.8 Å². The van der Waals surface area contributed by atoms with Gasteiger partial charge in [0.2, 0.25) is 0 Å². The fourth-order valence-electron chi connectivity index (χ4n) is 2.83. The Labute approximate surface area is 125 Å². The molecule has 2 nitrogen and oxygen atoms in total. The van der Waals surface area contributed by atoms with E-state index in [2.05, 4.69) is 68.4 Å². The summed E-state index contributed by atoms with van der Waals surface area (Å²) >= 11 is 0. The highest BCUT2D eigenvalue weighted by atomic mass is 15.1. The van der Waals surface area contributed by atoms with Gasteiger partial charge in [-0.15, -0.1) is 0 Å². The van der Waals surface area contributed by atoms with Crippen LogP contribution in [0, 0.1) is 5.41 Å². The zero-order chi connectivity index (χ0) is 14.8. The Morgan fingerprint density at radius 1 is 1.05 bits per heavy atom. The number of benzene rings is 1. The van der Waals surface area contributed by atoms with Gasteiger partial charge in [0.25, 0.3) is 0 Å². The molecule has 0 heterocycles. The van der Waals surface area contributed by atoms with Crippen LogP contribution in [-0.2, 0) is 6.54 Å². The Balaban J connectivity index is 2.55. The van der Waals surface area contributed by atoms with Gasteiger partial charge in [0.05, 0.1) is 0 Å². The zero-order valence-electron chi connectivity index (χ0n) is 13.8. The first kappa shape index (κ1) is 17.2. The van der Waals surface area contributed by atoms with Crippen LogP contribution in [0.25, 0.3) is 0 Å². The second-order valence-corrected chi connectivity index (χ2v) is 6.04. The van der Waals surface area contributed by atoms with Crippen LogP contribution in [0.4, 0.5) is 0 Å². The lowest BCUT2D eigenvalue weighted by Gasteiger charge is -2.36. The first-order valence-electron chi connectivity index (χ1n) is 8.09. The molecule has 114 valence electrons. The molecule has 1 aromatic carbocycles. The highest BCUT2D eigenvalue weighted by Crippen LogP contribution is 2.27. The molecule has 20 heavy (non-hydrogen) atoms. The number of hydrogen-bond acceptors (Lipinski definition) is 2. The van der Waals surface area contributed by atoms with Crippen molar-refractivity contribution in [2.24, 2.45) is 5.41 Å². The largest absolute Gasteiger partial charge is 0.316 e. The van der Waals surface area contributed by atoms with Gasteiger partial charge in [0.15, 0.2) is 0 Å². The fraction of sp³-hybridized carbons (Fsp3) is 0.667. The third-order valence-electron chi connectivity index (χ3n) is 4.33. The summed E-state index contributed by atoms with van der Waals surface area (Å²) in [6.45, 7) is 11.3. The van der Waals surface area contributed by atoms with Crippen LogP contribution in [0.3, 0.4) is 0 Å². The van der Waals surface area contributed by atoms with Gasteiger partial charge in [-0.3, -0.25) is 0 Å². The summed E-state index contributed by atoms with van der Waals surface area (Å²) in [5, 5.41) is 3.62. The van der Waals surface area contributed by atoms with E-state index < -0.39 is 0 Å². The minimum atomic E-state index is 0.401. The predicted molar refractivity (Wildman–Crippen MR) is 89.0 cm³/mol. The van der Waals surface area contributed by atoms with Crippen LogP contribution in [0.15, 0.2) is 30.3 Å². The van der Waals surface area contributed by atoms with E-state index in [1.807, 2.05) is 0 Å². The smallest absolute Gasteiger partial charge is 0.0230 e. The average molecular weight is 276 g/mol. The molecule has 0 unspecified atom stereocenters. The van der Waals surface area contributed by atoms with E-state index in [-0.39, 0.29) is 0 Å². The van der Waals surface area contributed by atoms with Crippen molar-refractivity contribution in [1.82, 2.24) is 10.2 Å². The van der Waals surface area contributed by atoms with Gasteiger partial charge in [-0.2, -0.15) is 0 Å². The third kappa shape index (κ3) is 5.64. The van der Waals surface area contributed by atoms with E-state index in [0.29, 0.717) is 5.41 Å². The SMILES string of the molecule is CCCNCC(CC)(CC)CN(C)Cc1ccccc1. The maximum Gasteiger partial charge on any atom is 0.0230 e. The van der Waals surface area contributed by atoms with Crippen LogP contribution in [0.2, 0.25) is 0 Å². The van der Waals surface area contributed by atoms with Crippen molar-refractivity contribution < 1.29 is 0 Å². The van der Waals surface area contributed by atoms with Crippen molar-refractivity contribution in [3.8, 4) is 0 Å². The van der Waals surface area contributed by atoms with Crippen LogP contribution in [0.5, 0.6) is 0 Å². The molecule has 0 saturated heterocycles. The van der Waals surface area contributed by atoms with Gasteiger partial charge in [0, 0.05) is 19.6 Å². The second-order valence-electron chi connectivity index (χ2n) is 6.04. The van der Waals surface area contributed by atoms with Crippen molar-refractivity contribution in [3.05, 3.63) is 35.9 Å². The van der Waals surface area contributed by atoms with Crippen molar-refractivity contribution in [2.45, 2.75) is 46.6 Å². The van der Waals surface area contributed by atoms with Crippen LogP contribution < -0.4 is 5.32 Å². The Bertz CT molecular complexity index is 344. The molecule has 0 aliphatic rings. The molecule has 2 heteroatoms. The van der Waals surface area contributed by atoms with Gasteiger partial charge < -0.3 is 10.2 Å². The zero-order valence-corrected chi connectivity index (χ0v) is 13.8. The first-order chi connectivity index (χ1) is 9.65. The van der Waals surface area contributed by atoms with Crippen molar-refractivity contribution in [2.75, 3.05) is 26.7 Å². The Hall–Kier alpha value is -0.860. The number of hydrogen-bond donors (Lipinski definition) is 1. The summed E-state index contributed by atoms with van der Waals surface area (Å²) in [7, 11) is 2.24. The molecule has 0 aliphatic heterocycles. The van der Waals surface area contributed by atoms with E-state index in [9.17, 15) is 0 Å². The fourth-order valence-corrected chi connectivity index (χ4v) is 2.83. The lowest BCUT2D eigenvalue weighted by Crippen LogP contribution is -2.42. The highest BCUT2D eigenvalue weighted by Gasteiger charge is 2.27. The molecule has 0 aliphatic carbocycles. The molecule has 0 amide bonds. The topological polar surface area (TPSA) is 15.3 Å². The molecule has 0 aromatic heterocycles. The summed E-state index contributed by atoms with van der Waals surface area (Å²) in [5.41, 5.74) is 1.80. The monoisotopic (exact) mass is 276 g/mol. The van der Waals surface area contributed by atoms with Crippen molar-refractivity contribution >= 4 is 0 Å². The number of nitrogens with one attached hydrogen (secondary N) is 1. The van der Waals surface area contributed by atoms with Crippen LogP contribution in [-0.4, -0.2) is 31.6 Å². The van der Waals surface area contributed by atoms with Gasteiger partial charge in [-0.05, 0) is 43.8 Å². The quantitative estimate of drug-likeness (QED) is 0.652. The van der Waals surface area contributed by atoms with E-state index >= 15 is 0 Å². The highest BCUT2D eigenvalue weighted by molar-refractivity contribution is 5.14. The number of nitrogens with zero attached hydrogens (tertiary/aromatic N) is 1. The first-order valence-corrected chi connectivity index (χ1v) is 8.09. The van der Waals surface area contributed by atoms with E-state index in [1.54, 1.807) is 0 Å². The van der Waals surface area contributed by atoms with Gasteiger partial charge in [0.1, 0.15) is 0 Å². The normalized spacial score (nSPS) is 12.1. The summed E-state index contributed by atoms with van der Waals surface area (Å²) in [6, 6.07) is 10.8. The van der Waals surface area contributed by atoms with Crippen LogP contribution in [0.1, 0.15) is 45.6 Å². The summed E-state index contributed by atoms with van der Waals surface area (Å²) < 4.78 is 0. The average Bonchev–Trinajstić information content (AvgIpc) is 2.47. The Morgan fingerprint density at radius 3 is 2.25 bits per heavy atom. The lowest BCUT2D eigenvalue weighted by atomic mass is 9.81. The van der Waals surface area contributed by atoms with Crippen LogP contribution >= 0.6 is 0 Å². The van der Waals surface area contributed by atoms with Gasteiger partial charge in [-0.1, -0.05) is 51.1 Å². The van der Waals surface area contributed by atoms with Crippen molar-refractivity contribution in [1.29, 1.82) is 0 Å². The Morgan fingerprint density at radius 2 is 1.70 bits per heavy atom. The maximum absolute atomic E-state index is 3.62. The molecule has 0 atom stereocenters. The standard InChI is InChI=1S/C18H32N2/c1-5-13-19-15-18(6-2,7-3)16-20(4)14-17-11-9-8-10-12-17/h8-12,19H,5-7,13-16H2,1-4H3. The second kappa shape index (κ2) is 9.15. The predicted octanol–water partition coefficient (Wildman–Crippen LogP) is 3.92. The minimum Gasteiger partial charge on any atom is -0.316 e. The summed E-state index contributed by atoms with van der Waals surface area (Å²) in [6.07, 6.45) is 3.68. The third-order valence-corrected chi connectivity index (χ3v) is 4.33. The summed E-state index contributed by atoms with van der Waals surface area (Å²) in [4.78, 5) is 2.47. The molecule has 0 bridgehead atoms. The molecule has 1 N–H and O–H groups in total. The number of rotatable bonds is 10. The van der Waals surface area contributed by atoms with E-state index in [0.717, 1.165) is 26.2 Å². The Kier molecular flexibility index (Phi) is 7.86. The molecular weight excluding hydrogens is 244 g/mol. The molecular formula is C18H32N2. The molecule has 1 rings (SSSR count). The maximum atomic E-state index is 3.62. The molecule has 0 radical (unpaired) electrons. The van der Waals surface area contributed by atoms with Gasteiger partial charge >= 0.3 is 0 Å². The van der Waals surface area contributed by atoms with Gasteiger partial charge in [-0.25, -0.2) is 0 Å². The van der Waals surface area contributed by atoms with E-state index in [4.69, 9.17) is 0 Å². The summed E-state index contributed by atoms with van der Waals surface area (Å²) in [5.74, 6) is 0. The van der Waals surface area contributed by atoms with Crippen molar-refractivity contribution in [3.63, 3.8) is 0 Å². The lowest BCUT2D eigenvalue weighted by molar-refractivity contribution is 0.151. The molecule has 1 aromatic rings. The molecule has 0 fully saturated rings. The molecule has 0 saturated carbocycles. The minimum absolute atomic E-state index is 0.401.